The van der Waals surface area contributed by atoms with Gasteiger partial charge in [0.25, 0.3) is 0 Å². The van der Waals surface area contributed by atoms with Gasteiger partial charge in [0.15, 0.2) is 5.58 Å². The first kappa shape index (κ1) is 34.3. The number of para-hydroxylation sites is 2. The first-order valence-corrected chi connectivity index (χ1v) is 20.9. The first-order valence-electron chi connectivity index (χ1n) is 20.1. The summed E-state index contributed by atoms with van der Waals surface area (Å²) in [7, 11) is 0. The van der Waals surface area contributed by atoms with E-state index >= 15 is 0 Å². The molecule has 9 aromatic carbocycles. The van der Waals surface area contributed by atoms with Crippen molar-refractivity contribution in [2.45, 2.75) is 0 Å². The largest absolute Gasteiger partial charge is 0.455 e. The summed E-state index contributed by atoms with van der Waals surface area (Å²) in [4.78, 5) is 7.16. The third-order valence-corrected chi connectivity index (χ3v) is 12.6. The summed E-state index contributed by atoms with van der Waals surface area (Å²) in [6.45, 7) is 0. The van der Waals surface area contributed by atoms with E-state index in [2.05, 4.69) is 169 Å². The lowest BCUT2D eigenvalue weighted by Gasteiger charge is -2.26. The fourth-order valence-corrected chi connectivity index (χ4v) is 9.71. The fourth-order valence-electron chi connectivity index (χ4n) is 8.55. The molecule has 3 aromatic heterocycles. The Morgan fingerprint density at radius 1 is 0.367 bits per heavy atom. The highest BCUT2D eigenvalue weighted by molar-refractivity contribution is 7.25. The average molecular weight is 787 g/mol. The van der Waals surface area contributed by atoms with E-state index in [0.717, 1.165) is 72.4 Å². The van der Waals surface area contributed by atoms with Crippen LogP contribution in [0.4, 0.5) is 17.1 Å². The molecule has 0 aliphatic heterocycles. The highest BCUT2D eigenvalue weighted by atomic mass is 32.1. The van der Waals surface area contributed by atoms with Gasteiger partial charge in [-0.25, -0.2) is 4.98 Å². The Hall–Kier alpha value is -7.73. The second-order valence-electron chi connectivity index (χ2n) is 15.1. The molecule has 60 heavy (non-hydrogen) atoms. The Balaban J connectivity index is 0.917. The minimum Gasteiger partial charge on any atom is -0.455 e. The highest BCUT2D eigenvalue weighted by Gasteiger charge is 2.18. The van der Waals surface area contributed by atoms with Crippen molar-refractivity contribution in [3.05, 3.63) is 206 Å². The SMILES string of the molecule is c1ccc(-c2ccc(N(c3ccc(-c4ccc5c(c4)sc4cc6nc(-c7ccccc7)oc6cc45)cc3)c3cccc(-c4cccc5c4oc4ccccc45)c3)cc2)cc1. The summed E-state index contributed by atoms with van der Waals surface area (Å²) in [5, 5.41) is 4.66. The molecule has 0 N–H and O–H groups in total. The van der Waals surface area contributed by atoms with Crippen molar-refractivity contribution in [3.8, 4) is 44.8 Å². The molecule has 4 nitrogen and oxygen atoms in total. The molecule has 0 fully saturated rings. The minimum atomic E-state index is 0.647. The molecule has 0 radical (unpaired) electrons. The van der Waals surface area contributed by atoms with E-state index in [1.165, 1.54) is 36.9 Å². The van der Waals surface area contributed by atoms with Gasteiger partial charge in [-0.1, -0.05) is 133 Å². The quantitative estimate of drug-likeness (QED) is 0.161. The van der Waals surface area contributed by atoms with Gasteiger partial charge in [-0.2, -0.15) is 0 Å². The van der Waals surface area contributed by atoms with Gasteiger partial charge < -0.3 is 13.7 Å². The van der Waals surface area contributed by atoms with Gasteiger partial charge in [0, 0.05) is 59.1 Å². The standard InChI is InChI=1S/C55H34N2O2S/c1-3-11-35(12-4-1)36-21-26-41(27-22-36)57(43-16-9-15-40(31-43)44-18-10-19-47-45-17-7-8-20-50(45)58-54(44)47)42-28-23-37(24-29-42)39-25-30-46-48-33-51-49(34-53(48)60-52(46)32-39)56-55(59-51)38-13-5-2-6-14-38/h1-34H. The van der Waals surface area contributed by atoms with Crippen molar-refractivity contribution in [2.75, 3.05) is 4.90 Å². The van der Waals surface area contributed by atoms with Crippen LogP contribution in [0.5, 0.6) is 0 Å². The number of aromatic nitrogens is 1. The summed E-state index contributed by atoms with van der Waals surface area (Å²) in [6, 6.07) is 72.9. The molecule has 0 bridgehead atoms. The zero-order valence-electron chi connectivity index (χ0n) is 32.2. The van der Waals surface area contributed by atoms with Crippen LogP contribution < -0.4 is 4.90 Å². The van der Waals surface area contributed by atoms with Gasteiger partial charge in [0.1, 0.15) is 16.7 Å². The minimum absolute atomic E-state index is 0.647. The Kier molecular flexibility index (Phi) is 8.00. The van der Waals surface area contributed by atoms with E-state index in [1.54, 1.807) is 11.3 Å². The van der Waals surface area contributed by atoms with E-state index in [0.29, 0.717) is 5.89 Å². The second-order valence-corrected chi connectivity index (χ2v) is 16.2. The van der Waals surface area contributed by atoms with Gasteiger partial charge in [0.2, 0.25) is 5.89 Å². The Bertz CT molecular complexity index is 3530. The molecule has 282 valence electrons. The van der Waals surface area contributed by atoms with Gasteiger partial charge in [-0.15, -0.1) is 11.3 Å². The summed E-state index contributed by atoms with van der Waals surface area (Å²) in [6.07, 6.45) is 0. The normalized spacial score (nSPS) is 11.7. The summed E-state index contributed by atoms with van der Waals surface area (Å²) < 4.78 is 15.1. The van der Waals surface area contributed by atoms with E-state index in [4.69, 9.17) is 13.8 Å². The van der Waals surface area contributed by atoms with Crippen LogP contribution in [0.2, 0.25) is 0 Å². The third-order valence-electron chi connectivity index (χ3n) is 11.5. The summed E-state index contributed by atoms with van der Waals surface area (Å²) >= 11 is 1.80. The average Bonchev–Trinajstić information content (AvgIpc) is 4.02. The molecule has 0 spiro atoms. The van der Waals surface area contributed by atoms with E-state index in [1.807, 2.05) is 42.5 Å². The van der Waals surface area contributed by atoms with Crippen LogP contribution in [-0.2, 0) is 0 Å². The number of thiophene rings is 1. The van der Waals surface area contributed by atoms with Crippen LogP contribution in [0.15, 0.2) is 215 Å². The van der Waals surface area contributed by atoms with Crippen molar-refractivity contribution in [1.82, 2.24) is 4.98 Å². The molecule has 0 saturated heterocycles. The Morgan fingerprint density at radius 2 is 0.983 bits per heavy atom. The topological polar surface area (TPSA) is 42.4 Å². The highest BCUT2D eigenvalue weighted by Crippen LogP contribution is 2.43. The molecule has 0 saturated carbocycles. The van der Waals surface area contributed by atoms with Crippen molar-refractivity contribution < 1.29 is 8.83 Å². The summed E-state index contributed by atoms with van der Waals surface area (Å²) in [5.74, 6) is 0.647. The first-order chi connectivity index (χ1) is 29.7. The van der Waals surface area contributed by atoms with Crippen LogP contribution in [0.1, 0.15) is 0 Å². The molecule has 0 amide bonds. The van der Waals surface area contributed by atoms with Crippen LogP contribution in [0, 0.1) is 0 Å². The number of oxazole rings is 1. The Labute approximate surface area is 349 Å². The van der Waals surface area contributed by atoms with E-state index in [-0.39, 0.29) is 0 Å². The summed E-state index contributed by atoms with van der Waals surface area (Å²) in [5.41, 5.74) is 14.5. The molecule has 0 aliphatic carbocycles. The molecule has 3 heterocycles. The third kappa shape index (κ3) is 5.86. The van der Waals surface area contributed by atoms with Gasteiger partial charge in [0.05, 0.1) is 0 Å². The molecular weight excluding hydrogens is 753 g/mol. The zero-order chi connectivity index (χ0) is 39.6. The van der Waals surface area contributed by atoms with Crippen LogP contribution >= 0.6 is 11.3 Å². The number of hydrogen-bond acceptors (Lipinski definition) is 5. The van der Waals surface area contributed by atoms with Crippen molar-refractivity contribution >= 4 is 81.6 Å². The monoisotopic (exact) mass is 786 g/mol. The molecule has 12 rings (SSSR count). The molecular formula is C55H34N2O2S. The smallest absolute Gasteiger partial charge is 0.227 e. The van der Waals surface area contributed by atoms with Gasteiger partial charge in [-0.05, 0) is 101 Å². The van der Waals surface area contributed by atoms with Crippen LogP contribution in [0.3, 0.4) is 0 Å². The number of nitrogens with zero attached hydrogens (tertiary/aromatic N) is 2. The molecule has 5 heteroatoms. The fraction of sp³-hybridized carbons (Fsp3) is 0. The second kappa shape index (κ2) is 14.0. The van der Waals surface area contributed by atoms with Crippen LogP contribution in [-0.4, -0.2) is 4.98 Å². The van der Waals surface area contributed by atoms with Crippen LogP contribution in [0.25, 0.3) is 98.0 Å². The molecule has 0 unspecified atom stereocenters. The Morgan fingerprint density at radius 3 is 1.77 bits per heavy atom. The predicted octanol–water partition coefficient (Wildman–Crippen LogP) is 16.2. The maximum absolute atomic E-state index is 6.48. The van der Waals surface area contributed by atoms with Crippen molar-refractivity contribution in [2.24, 2.45) is 0 Å². The van der Waals surface area contributed by atoms with Gasteiger partial charge in [-0.3, -0.25) is 0 Å². The number of furan rings is 1. The molecule has 0 atom stereocenters. The van der Waals surface area contributed by atoms with Gasteiger partial charge >= 0.3 is 0 Å². The number of hydrogen-bond donors (Lipinski definition) is 0. The number of benzene rings is 9. The predicted molar refractivity (Wildman–Crippen MR) is 251 cm³/mol. The lowest BCUT2D eigenvalue weighted by Crippen LogP contribution is -2.10. The zero-order valence-corrected chi connectivity index (χ0v) is 33.1. The van der Waals surface area contributed by atoms with Crippen molar-refractivity contribution in [3.63, 3.8) is 0 Å². The maximum Gasteiger partial charge on any atom is 0.227 e. The maximum atomic E-state index is 6.48. The molecule has 0 aliphatic rings. The van der Waals surface area contributed by atoms with E-state index < -0.39 is 0 Å². The number of fused-ring (bicyclic) bond motifs is 7. The van der Waals surface area contributed by atoms with Crippen molar-refractivity contribution in [1.29, 1.82) is 0 Å². The van der Waals surface area contributed by atoms with E-state index in [9.17, 15) is 0 Å². The number of rotatable bonds is 7. The lowest BCUT2D eigenvalue weighted by atomic mass is 10.0. The molecule has 12 aromatic rings. The number of anilines is 3. The lowest BCUT2D eigenvalue weighted by molar-refractivity contribution is 0.620.